The molecule has 0 saturated heterocycles. The minimum absolute atomic E-state index is 0.105. The molecule has 0 aliphatic carbocycles. The number of methoxy groups -OCH3 is 1. The minimum Gasteiger partial charge on any atom is -0.493 e. The maximum atomic E-state index is 12.9. The summed E-state index contributed by atoms with van der Waals surface area (Å²) in [5, 5.41) is 14.5. The molecule has 2 N–H and O–H groups in total. The molecule has 38 heavy (non-hydrogen) atoms. The van der Waals surface area contributed by atoms with Gasteiger partial charge in [0, 0.05) is 11.4 Å². The summed E-state index contributed by atoms with van der Waals surface area (Å²) in [6.45, 7) is 3.55. The highest BCUT2D eigenvalue weighted by Crippen LogP contribution is 2.31. The Labute approximate surface area is 217 Å². The van der Waals surface area contributed by atoms with E-state index in [9.17, 15) is 28.0 Å². The van der Waals surface area contributed by atoms with Crippen LogP contribution in [0, 0.1) is 25.2 Å². The van der Waals surface area contributed by atoms with Crippen molar-refractivity contribution in [3.05, 3.63) is 88.5 Å². The van der Waals surface area contributed by atoms with Gasteiger partial charge in [-0.2, -0.15) is 18.4 Å². The van der Waals surface area contributed by atoms with Crippen LogP contribution in [0.2, 0.25) is 0 Å². The Hall–Kier alpha value is -4.78. The predicted octanol–water partition coefficient (Wildman–Crippen LogP) is 5.89. The van der Waals surface area contributed by atoms with Crippen molar-refractivity contribution in [2.45, 2.75) is 20.0 Å². The van der Waals surface area contributed by atoms with E-state index in [0.29, 0.717) is 11.3 Å². The summed E-state index contributed by atoms with van der Waals surface area (Å²) < 4.78 is 49.7. The fraction of sp³-hybridized carbons (Fsp3) is 0.179. The number of halogens is 3. The zero-order chi connectivity index (χ0) is 27.9. The molecule has 0 spiro atoms. The fourth-order valence-corrected chi connectivity index (χ4v) is 3.46. The van der Waals surface area contributed by atoms with Gasteiger partial charge in [0.25, 0.3) is 11.8 Å². The van der Waals surface area contributed by atoms with Crippen LogP contribution in [0.15, 0.2) is 66.2 Å². The molecule has 2 amide bonds. The number of hydrogen-bond acceptors (Lipinski definition) is 5. The van der Waals surface area contributed by atoms with Gasteiger partial charge in [-0.1, -0.05) is 29.8 Å². The molecule has 0 unspecified atom stereocenters. The minimum atomic E-state index is -4.57. The van der Waals surface area contributed by atoms with Crippen molar-refractivity contribution in [3.8, 4) is 17.6 Å². The highest BCUT2D eigenvalue weighted by Gasteiger charge is 2.30. The molecular weight excluding hydrogens is 499 g/mol. The molecular formula is C28H24F3N3O4. The van der Waals surface area contributed by atoms with Crippen LogP contribution in [0.5, 0.6) is 11.5 Å². The van der Waals surface area contributed by atoms with Gasteiger partial charge in [-0.3, -0.25) is 9.59 Å². The summed E-state index contributed by atoms with van der Waals surface area (Å²) in [4.78, 5) is 24.9. The molecule has 7 nitrogen and oxygen atoms in total. The van der Waals surface area contributed by atoms with Gasteiger partial charge in [0.1, 0.15) is 11.6 Å². The Bertz CT molecular complexity index is 1430. The number of alkyl halides is 3. The van der Waals surface area contributed by atoms with Crippen molar-refractivity contribution < 1.29 is 32.2 Å². The normalized spacial score (nSPS) is 11.3. The second-order valence-corrected chi connectivity index (χ2v) is 8.27. The number of hydrogen-bond donors (Lipinski definition) is 2. The van der Waals surface area contributed by atoms with Gasteiger partial charge in [0.2, 0.25) is 0 Å². The Balaban J connectivity index is 1.69. The Morgan fingerprint density at radius 1 is 1.00 bits per heavy atom. The lowest BCUT2D eigenvalue weighted by molar-refractivity contribution is -0.137. The zero-order valence-corrected chi connectivity index (χ0v) is 20.8. The van der Waals surface area contributed by atoms with E-state index in [2.05, 4.69) is 10.6 Å². The third kappa shape index (κ3) is 7.36. The van der Waals surface area contributed by atoms with Gasteiger partial charge >= 0.3 is 6.18 Å². The quantitative estimate of drug-likeness (QED) is 0.283. The molecule has 0 aromatic heterocycles. The van der Waals surface area contributed by atoms with Crippen molar-refractivity contribution >= 4 is 29.3 Å². The molecule has 0 atom stereocenters. The van der Waals surface area contributed by atoms with E-state index < -0.39 is 17.6 Å². The Morgan fingerprint density at radius 3 is 2.42 bits per heavy atom. The molecule has 0 bridgehead atoms. The van der Waals surface area contributed by atoms with Crippen LogP contribution in [0.3, 0.4) is 0 Å². The van der Waals surface area contributed by atoms with Crippen LogP contribution in [-0.4, -0.2) is 25.5 Å². The lowest BCUT2D eigenvalue weighted by Crippen LogP contribution is -2.20. The molecule has 0 fully saturated rings. The van der Waals surface area contributed by atoms with E-state index in [4.69, 9.17) is 9.47 Å². The van der Waals surface area contributed by atoms with E-state index in [1.165, 1.54) is 37.5 Å². The molecule has 3 rings (SSSR count). The monoisotopic (exact) mass is 523 g/mol. The number of anilines is 2. The number of carbonyl (C=O) groups excluding carboxylic acids is 2. The average Bonchev–Trinajstić information content (AvgIpc) is 2.87. The van der Waals surface area contributed by atoms with Crippen molar-refractivity contribution in [1.29, 1.82) is 5.26 Å². The first-order valence-corrected chi connectivity index (χ1v) is 11.3. The molecule has 3 aromatic rings. The largest absolute Gasteiger partial charge is 0.493 e. The Kier molecular flexibility index (Phi) is 8.76. The number of rotatable bonds is 8. The SMILES string of the molecule is COc1cc(/C=C(\C#N)C(=O)Nc2cccc(C(F)(F)F)c2)ccc1OCC(=O)Nc1ccc(C)cc1C. The zero-order valence-electron chi connectivity index (χ0n) is 20.8. The second-order valence-electron chi connectivity index (χ2n) is 8.27. The van der Waals surface area contributed by atoms with Crippen molar-refractivity contribution in [2.75, 3.05) is 24.4 Å². The van der Waals surface area contributed by atoms with E-state index in [1.807, 2.05) is 26.0 Å². The van der Waals surface area contributed by atoms with Crippen molar-refractivity contribution in [2.24, 2.45) is 0 Å². The van der Waals surface area contributed by atoms with Crippen LogP contribution in [0.1, 0.15) is 22.3 Å². The standard InChI is InChI=1S/C28H24F3N3O4/c1-17-7-9-23(18(2)11-17)34-26(35)16-38-24-10-8-19(13-25(24)37-3)12-20(15-32)27(36)33-22-6-4-5-21(14-22)28(29,30)31/h4-14H,16H2,1-3H3,(H,33,36)(H,34,35)/b20-12+. The van der Waals surface area contributed by atoms with E-state index in [-0.39, 0.29) is 35.3 Å². The second kappa shape index (κ2) is 12.0. The summed E-state index contributed by atoms with van der Waals surface area (Å²) in [6, 6.07) is 16.0. The number of nitriles is 1. The number of amides is 2. The van der Waals surface area contributed by atoms with Gasteiger partial charge in [-0.15, -0.1) is 0 Å². The average molecular weight is 524 g/mol. The molecule has 0 aliphatic heterocycles. The molecule has 196 valence electrons. The van der Waals surface area contributed by atoms with Crippen LogP contribution in [0.25, 0.3) is 6.08 Å². The van der Waals surface area contributed by atoms with Gasteiger partial charge in [0.15, 0.2) is 18.1 Å². The molecule has 0 radical (unpaired) electrons. The van der Waals surface area contributed by atoms with E-state index in [1.54, 1.807) is 12.1 Å². The summed E-state index contributed by atoms with van der Waals surface area (Å²) in [5.41, 5.74) is 1.67. The van der Waals surface area contributed by atoms with Gasteiger partial charge in [-0.05, 0) is 67.4 Å². The first kappa shape index (κ1) is 27.8. The number of nitrogens with zero attached hydrogens (tertiary/aromatic N) is 1. The van der Waals surface area contributed by atoms with E-state index >= 15 is 0 Å². The summed E-state index contributed by atoms with van der Waals surface area (Å²) in [7, 11) is 1.39. The highest BCUT2D eigenvalue weighted by atomic mass is 19.4. The van der Waals surface area contributed by atoms with Crippen LogP contribution in [-0.2, 0) is 15.8 Å². The lowest BCUT2D eigenvalue weighted by Gasteiger charge is -2.13. The van der Waals surface area contributed by atoms with Crippen LogP contribution in [0.4, 0.5) is 24.5 Å². The third-order valence-corrected chi connectivity index (χ3v) is 5.33. The molecule has 3 aromatic carbocycles. The molecule has 10 heteroatoms. The maximum absolute atomic E-state index is 12.9. The first-order valence-electron chi connectivity index (χ1n) is 11.3. The highest BCUT2D eigenvalue weighted by molar-refractivity contribution is 6.09. The van der Waals surface area contributed by atoms with Crippen molar-refractivity contribution in [1.82, 2.24) is 0 Å². The molecule has 0 saturated carbocycles. The lowest BCUT2D eigenvalue weighted by atomic mass is 10.1. The Morgan fingerprint density at radius 2 is 1.76 bits per heavy atom. The number of carbonyl (C=O) groups is 2. The molecule has 0 aliphatic rings. The number of aryl methyl sites for hydroxylation is 2. The first-order chi connectivity index (χ1) is 18.0. The van der Waals surface area contributed by atoms with Crippen molar-refractivity contribution in [3.63, 3.8) is 0 Å². The van der Waals surface area contributed by atoms with Gasteiger partial charge in [-0.25, -0.2) is 0 Å². The fourth-order valence-electron chi connectivity index (χ4n) is 3.46. The smallest absolute Gasteiger partial charge is 0.416 e. The number of benzene rings is 3. The predicted molar refractivity (Wildman–Crippen MR) is 137 cm³/mol. The van der Waals surface area contributed by atoms with Crippen LogP contribution >= 0.6 is 0 Å². The topological polar surface area (TPSA) is 100 Å². The summed E-state index contributed by atoms with van der Waals surface area (Å²) in [6.07, 6.45) is -3.32. The van der Waals surface area contributed by atoms with Gasteiger partial charge in [0.05, 0.1) is 12.7 Å². The van der Waals surface area contributed by atoms with Crippen LogP contribution < -0.4 is 20.1 Å². The summed E-state index contributed by atoms with van der Waals surface area (Å²) in [5.74, 6) is -0.754. The number of ether oxygens (including phenoxy) is 2. The molecule has 0 heterocycles. The summed E-state index contributed by atoms with van der Waals surface area (Å²) >= 11 is 0. The number of nitrogens with one attached hydrogen (secondary N) is 2. The van der Waals surface area contributed by atoms with E-state index in [0.717, 1.165) is 29.3 Å². The van der Waals surface area contributed by atoms with Gasteiger partial charge < -0.3 is 20.1 Å². The maximum Gasteiger partial charge on any atom is 0.416 e. The third-order valence-electron chi connectivity index (χ3n) is 5.33.